The molecule has 1 N–H and O–H groups in total. The first-order chi connectivity index (χ1) is 14.5. The number of amides is 1. The highest BCUT2D eigenvalue weighted by Crippen LogP contribution is 2.34. The fourth-order valence-corrected chi connectivity index (χ4v) is 4.11. The molecule has 2 heterocycles. The molecule has 5 rings (SSSR count). The summed E-state index contributed by atoms with van der Waals surface area (Å²) in [6.45, 7) is 2.82. The van der Waals surface area contributed by atoms with E-state index in [0.29, 0.717) is 27.4 Å². The van der Waals surface area contributed by atoms with Gasteiger partial charge < -0.3 is 9.30 Å². The summed E-state index contributed by atoms with van der Waals surface area (Å²) in [7, 11) is 0. The molecule has 2 aromatic carbocycles. The number of aromatic nitrogens is 2. The van der Waals surface area contributed by atoms with E-state index >= 15 is 0 Å². The van der Waals surface area contributed by atoms with E-state index in [0.717, 1.165) is 23.0 Å². The van der Waals surface area contributed by atoms with Gasteiger partial charge in [-0.15, -0.1) is 0 Å². The van der Waals surface area contributed by atoms with Gasteiger partial charge in [0, 0.05) is 18.1 Å². The average molecular weight is 421 g/mol. The summed E-state index contributed by atoms with van der Waals surface area (Å²) in [5.41, 5.74) is 2.41. The molecule has 5 nitrogen and oxygen atoms in total. The van der Waals surface area contributed by atoms with Crippen molar-refractivity contribution in [3.63, 3.8) is 0 Å². The van der Waals surface area contributed by atoms with Crippen LogP contribution < -0.4 is 10.1 Å². The summed E-state index contributed by atoms with van der Waals surface area (Å²) in [6, 6.07) is 12.3. The Morgan fingerprint density at radius 3 is 2.83 bits per heavy atom. The molecule has 1 saturated carbocycles. The second-order valence-corrected chi connectivity index (χ2v) is 8.65. The van der Waals surface area contributed by atoms with Crippen molar-refractivity contribution in [3.8, 4) is 10.8 Å². The highest BCUT2D eigenvalue weighted by Gasteiger charge is 2.24. The number of nitrogens with one attached hydrogen (secondary N) is 1. The summed E-state index contributed by atoms with van der Waals surface area (Å²) in [5.74, 6) is 0.757. The zero-order valence-electron chi connectivity index (χ0n) is 16.4. The van der Waals surface area contributed by atoms with E-state index in [4.69, 9.17) is 4.74 Å². The monoisotopic (exact) mass is 421 g/mol. The summed E-state index contributed by atoms with van der Waals surface area (Å²) in [5, 5.41) is 4.62. The molecule has 0 atom stereocenters. The third-order valence-electron chi connectivity index (χ3n) is 5.19. The molecule has 152 valence electrons. The molecular formula is C23H20FN3O2S. The predicted molar refractivity (Wildman–Crippen MR) is 116 cm³/mol. The summed E-state index contributed by atoms with van der Waals surface area (Å²) in [4.78, 5) is 17.2. The van der Waals surface area contributed by atoms with Crippen molar-refractivity contribution in [1.29, 1.82) is 0 Å². The molecular weight excluding hydrogens is 401 g/mol. The topological polar surface area (TPSA) is 56.1 Å². The molecule has 0 spiro atoms. The molecule has 1 fully saturated rings. The Hall–Kier alpha value is -3.19. The lowest BCUT2D eigenvalue weighted by Gasteiger charge is -2.02. The fourth-order valence-electron chi connectivity index (χ4n) is 3.43. The molecule has 4 aromatic rings. The first-order valence-corrected chi connectivity index (χ1v) is 10.7. The van der Waals surface area contributed by atoms with Gasteiger partial charge in [-0.1, -0.05) is 29.0 Å². The molecule has 0 aliphatic heterocycles. The van der Waals surface area contributed by atoms with Gasteiger partial charge in [0.2, 0.25) is 5.06 Å². The lowest BCUT2D eigenvalue weighted by atomic mass is 10.1. The Balaban J connectivity index is 1.36. The van der Waals surface area contributed by atoms with Crippen LogP contribution in [0.4, 0.5) is 9.52 Å². The first kappa shape index (κ1) is 18.8. The molecule has 1 amide bonds. The molecule has 7 heteroatoms. The van der Waals surface area contributed by atoms with Gasteiger partial charge >= 0.3 is 0 Å². The van der Waals surface area contributed by atoms with Crippen LogP contribution in [0.5, 0.6) is 10.8 Å². The third-order valence-corrected chi connectivity index (χ3v) is 5.98. The Morgan fingerprint density at radius 2 is 2.07 bits per heavy atom. The zero-order chi connectivity index (χ0) is 20.7. The van der Waals surface area contributed by atoms with E-state index in [1.54, 1.807) is 12.3 Å². The predicted octanol–water partition coefficient (Wildman–Crippen LogP) is 6.00. The van der Waals surface area contributed by atoms with E-state index in [2.05, 4.69) is 10.3 Å². The SMILES string of the molecule is Cc1ccc(Oc2cnc(NC(=O)c3cn(CC4CC4)c4cc(F)ccc34)s2)cc1. The Kier molecular flexibility index (Phi) is 4.75. The number of aryl methyl sites for hydroxylation is 1. The maximum Gasteiger partial charge on any atom is 0.259 e. The lowest BCUT2D eigenvalue weighted by molar-refractivity contribution is 0.102. The molecule has 0 bridgehead atoms. The van der Waals surface area contributed by atoms with Crippen LogP contribution in [0.2, 0.25) is 0 Å². The largest absolute Gasteiger partial charge is 0.445 e. The van der Waals surface area contributed by atoms with Gasteiger partial charge in [-0.25, -0.2) is 9.37 Å². The molecule has 1 aliphatic carbocycles. The number of benzene rings is 2. The maximum absolute atomic E-state index is 13.8. The minimum atomic E-state index is -0.303. The number of hydrogen-bond acceptors (Lipinski definition) is 4. The number of anilines is 1. The number of thiazole rings is 1. The Morgan fingerprint density at radius 1 is 1.27 bits per heavy atom. The van der Waals surface area contributed by atoms with Gasteiger partial charge in [-0.3, -0.25) is 10.1 Å². The smallest absolute Gasteiger partial charge is 0.259 e. The maximum atomic E-state index is 13.8. The number of hydrogen-bond donors (Lipinski definition) is 1. The number of fused-ring (bicyclic) bond motifs is 1. The van der Waals surface area contributed by atoms with E-state index in [1.807, 2.05) is 42.0 Å². The minimum Gasteiger partial charge on any atom is -0.445 e. The van der Waals surface area contributed by atoms with Crippen LogP contribution in [0.25, 0.3) is 10.9 Å². The van der Waals surface area contributed by atoms with Gasteiger partial charge in [-0.05, 0) is 56.0 Å². The second-order valence-electron chi connectivity index (χ2n) is 7.65. The van der Waals surface area contributed by atoms with Crippen LogP contribution in [-0.2, 0) is 6.54 Å². The van der Waals surface area contributed by atoms with E-state index in [1.165, 1.54) is 36.3 Å². The Bertz CT molecular complexity index is 1230. The molecule has 0 radical (unpaired) electrons. The quantitative estimate of drug-likeness (QED) is 0.415. The van der Waals surface area contributed by atoms with E-state index in [9.17, 15) is 9.18 Å². The lowest BCUT2D eigenvalue weighted by Crippen LogP contribution is -2.11. The molecule has 0 unspecified atom stereocenters. The van der Waals surface area contributed by atoms with Crippen molar-refractivity contribution in [1.82, 2.24) is 9.55 Å². The molecule has 30 heavy (non-hydrogen) atoms. The number of nitrogens with zero attached hydrogens (tertiary/aromatic N) is 2. The number of halogens is 1. The fraction of sp³-hybridized carbons (Fsp3) is 0.217. The van der Waals surface area contributed by atoms with Crippen LogP contribution in [-0.4, -0.2) is 15.5 Å². The van der Waals surface area contributed by atoms with Gasteiger partial charge in [0.15, 0.2) is 5.13 Å². The van der Waals surface area contributed by atoms with Crippen molar-refractivity contribution in [2.75, 3.05) is 5.32 Å². The van der Waals surface area contributed by atoms with Gasteiger partial charge in [0.1, 0.15) is 11.6 Å². The molecule has 2 aromatic heterocycles. The van der Waals surface area contributed by atoms with Crippen molar-refractivity contribution >= 4 is 33.3 Å². The van der Waals surface area contributed by atoms with Crippen LogP contribution in [0, 0.1) is 18.7 Å². The van der Waals surface area contributed by atoms with Gasteiger partial charge in [0.05, 0.1) is 17.3 Å². The van der Waals surface area contributed by atoms with Crippen molar-refractivity contribution in [3.05, 3.63) is 71.8 Å². The summed E-state index contributed by atoms with van der Waals surface area (Å²) < 4.78 is 21.6. The minimum absolute atomic E-state index is 0.266. The van der Waals surface area contributed by atoms with Crippen LogP contribution >= 0.6 is 11.3 Å². The highest BCUT2D eigenvalue weighted by atomic mass is 32.1. The first-order valence-electron chi connectivity index (χ1n) is 9.85. The molecule has 1 aliphatic rings. The van der Waals surface area contributed by atoms with Gasteiger partial charge in [0.25, 0.3) is 5.91 Å². The highest BCUT2D eigenvalue weighted by molar-refractivity contribution is 7.17. The molecule has 0 saturated heterocycles. The average Bonchev–Trinajstić information content (AvgIpc) is 3.33. The number of carbonyl (C=O) groups excluding carboxylic acids is 1. The van der Waals surface area contributed by atoms with Gasteiger partial charge in [-0.2, -0.15) is 0 Å². The third kappa shape index (κ3) is 3.93. The Labute approximate surface area is 177 Å². The number of carbonyl (C=O) groups is 1. The van der Waals surface area contributed by atoms with Crippen LogP contribution in [0.1, 0.15) is 28.8 Å². The van der Waals surface area contributed by atoms with Crippen LogP contribution in [0.15, 0.2) is 54.9 Å². The van der Waals surface area contributed by atoms with Crippen LogP contribution in [0.3, 0.4) is 0 Å². The van der Waals surface area contributed by atoms with E-state index in [-0.39, 0.29) is 11.7 Å². The van der Waals surface area contributed by atoms with Crippen molar-refractivity contribution in [2.45, 2.75) is 26.3 Å². The summed E-state index contributed by atoms with van der Waals surface area (Å²) >= 11 is 1.26. The standard InChI is InChI=1S/C23H20FN3O2S/c1-14-2-7-17(8-3-14)29-21-11-25-23(30-21)26-22(28)19-13-27(12-15-4-5-15)20-10-16(24)6-9-18(19)20/h2-3,6-11,13,15H,4-5,12H2,1H3,(H,25,26,28). The normalized spacial score (nSPS) is 13.5. The number of rotatable bonds is 6. The number of ether oxygens (including phenoxy) is 1. The van der Waals surface area contributed by atoms with E-state index < -0.39 is 0 Å². The van der Waals surface area contributed by atoms with Crippen molar-refractivity contribution < 1.29 is 13.9 Å². The second kappa shape index (κ2) is 7.57. The zero-order valence-corrected chi connectivity index (χ0v) is 17.2. The van der Waals surface area contributed by atoms with Crippen molar-refractivity contribution in [2.24, 2.45) is 5.92 Å². The summed E-state index contributed by atoms with van der Waals surface area (Å²) in [6.07, 6.45) is 5.76.